The summed E-state index contributed by atoms with van der Waals surface area (Å²) in [6.07, 6.45) is 5.77. The summed E-state index contributed by atoms with van der Waals surface area (Å²) in [6, 6.07) is 29.1. The number of hydrogen-bond donors (Lipinski definition) is 0. The quantitative estimate of drug-likeness (QED) is 0.338. The molecule has 1 heteroatoms. The van der Waals surface area contributed by atoms with E-state index in [0.29, 0.717) is 0 Å². The zero-order valence-electron chi connectivity index (χ0n) is 15.5. The van der Waals surface area contributed by atoms with Crippen LogP contribution in [0.4, 0.5) is 0 Å². The lowest BCUT2D eigenvalue weighted by Gasteiger charge is -2.30. The van der Waals surface area contributed by atoms with Crippen molar-refractivity contribution in [2.75, 3.05) is 0 Å². The topological polar surface area (TPSA) is 0 Å². The van der Waals surface area contributed by atoms with Crippen molar-refractivity contribution in [3.63, 3.8) is 0 Å². The van der Waals surface area contributed by atoms with Gasteiger partial charge in [0.1, 0.15) is 8.07 Å². The summed E-state index contributed by atoms with van der Waals surface area (Å²) in [5, 5.41) is 4.32. The molecule has 0 radical (unpaired) electrons. The highest BCUT2D eigenvalue weighted by Gasteiger charge is 2.34. The van der Waals surface area contributed by atoms with Gasteiger partial charge in [0, 0.05) is 0 Å². The largest absolute Gasteiger partial charge is 0.145 e. The molecular formula is C25H26Si. The van der Waals surface area contributed by atoms with Gasteiger partial charge in [0.2, 0.25) is 0 Å². The molecule has 0 heterocycles. The van der Waals surface area contributed by atoms with E-state index in [9.17, 15) is 0 Å². The minimum Gasteiger partial charge on any atom is -0.103 e. The summed E-state index contributed by atoms with van der Waals surface area (Å²) < 4.78 is 0. The van der Waals surface area contributed by atoms with Crippen molar-refractivity contribution in [1.82, 2.24) is 0 Å². The van der Waals surface area contributed by atoms with Crippen LogP contribution in [0.15, 0.2) is 104 Å². The van der Waals surface area contributed by atoms with Crippen LogP contribution in [-0.4, -0.2) is 8.07 Å². The Morgan fingerprint density at radius 3 is 1.58 bits per heavy atom. The normalized spacial score (nSPS) is 11.1. The van der Waals surface area contributed by atoms with Crippen molar-refractivity contribution in [1.29, 1.82) is 0 Å². The first kappa shape index (κ1) is 18.2. The third-order valence-corrected chi connectivity index (χ3v) is 9.54. The maximum atomic E-state index is 3.90. The molecule has 0 atom stereocenters. The van der Waals surface area contributed by atoms with Crippen molar-refractivity contribution >= 4 is 23.6 Å². The predicted molar refractivity (Wildman–Crippen MR) is 118 cm³/mol. The van der Waals surface area contributed by atoms with E-state index in [4.69, 9.17) is 0 Å². The van der Waals surface area contributed by atoms with Crippen LogP contribution in [0.2, 0.25) is 6.55 Å². The van der Waals surface area contributed by atoms with Crippen LogP contribution in [0.5, 0.6) is 0 Å². The van der Waals surface area contributed by atoms with Gasteiger partial charge < -0.3 is 0 Å². The maximum Gasteiger partial charge on any atom is 0.145 e. The van der Waals surface area contributed by atoms with E-state index in [-0.39, 0.29) is 0 Å². The van der Waals surface area contributed by atoms with E-state index in [1.807, 2.05) is 12.2 Å². The van der Waals surface area contributed by atoms with Crippen molar-refractivity contribution in [2.45, 2.75) is 19.4 Å². The van der Waals surface area contributed by atoms with Crippen molar-refractivity contribution in [3.05, 3.63) is 115 Å². The fraction of sp³-hybridized carbons (Fsp3) is 0.120. The summed E-state index contributed by atoms with van der Waals surface area (Å²) in [5.74, 6) is 0. The molecule has 130 valence electrons. The average molecular weight is 355 g/mol. The zero-order chi connectivity index (χ0) is 18.4. The summed E-state index contributed by atoms with van der Waals surface area (Å²) in [6.45, 7) is 10.3. The first-order valence-corrected chi connectivity index (χ1v) is 11.6. The second kappa shape index (κ2) is 8.16. The molecule has 0 aliphatic heterocycles. The van der Waals surface area contributed by atoms with Gasteiger partial charge in [-0.1, -0.05) is 97.6 Å². The van der Waals surface area contributed by atoms with Gasteiger partial charge in [0.15, 0.2) is 0 Å². The zero-order valence-corrected chi connectivity index (χ0v) is 16.5. The molecular weight excluding hydrogens is 328 g/mol. The number of rotatable bonds is 7. The Morgan fingerprint density at radius 1 is 0.654 bits per heavy atom. The molecule has 0 spiro atoms. The van der Waals surface area contributed by atoms with E-state index in [1.165, 1.54) is 26.7 Å². The van der Waals surface area contributed by atoms with Crippen LogP contribution in [-0.2, 0) is 12.8 Å². The van der Waals surface area contributed by atoms with Crippen LogP contribution < -0.4 is 15.6 Å². The maximum absolute atomic E-state index is 3.90. The standard InChI is InChI=1S/C25H26Si/c1-4-11-21-13-9-17-24(19-21)26(3,23-15-7-6-8-16-23)25-18-10-14-22(20-25)12-5-2/h4-10,13-20H,1-2,11-12H2,3H3. The van der Waals surface area contributed by atoms with Crippen LogP contribution in [0, 0.1) is 0 Å². The molecule has 0 nitrogen and oxygen atoms in total. The van der Waals surface area contributed by atoms with Crippen LogP contribution in [0.1, 0.15) is 11.1 Å². The first-order valence-electron chi connectivity index (χ1n) is 9.14. The molecule has 3 aromatic carbocycles. The van der Waals surface area contributed by atoms with Gasteiger partial charge in [-0.15, -0.1) is 13.2 Å². The second-order valence-corrected chi connectivity index (χ2v) is 10.9. The third kappa shape index (κ3) is 3.63. The highest BCUT2D eigenvalue weighted by Crippen LogP contribution is 2.11. The Balaban J connectivity index is 2.21. The monoisotopic (exact) mass is 354 g/mol. The fourth-order valence-corrected chi connectivity index (χ4v) is 7.29. The van der Waals surface area contributed by atoms with Gasteiger partial charge in [0.25, 0.3) is 0 Å². The summed E-state index contributed by atoms with van der Waals surface area (Å²) in [7, 11) is -2.07. The molecule has 0 aromatic heterocycles. The Kier molecular flexibility index (Phi) is 5.70. The number of benzene rings is 3. The van der Waals surface area contributed by atoms with Crippen LogP contribution in [0.3, 0.4) is 0 Å². The smallest absolute Gasteiger partial charge is 0.103 e. The van der Waals surface area contributed by atoms with E-state index < -0.39 is 8.07 Å². The molecule has 0 amide bonds. The van der Waals surface area contributed by atoms with Gasteiger partial charge in [-0.25, -0.2) is 0 Å². The molecule has 3 aromatic rings. The summed E-state index contributed by atoms with van der Waals surface area (Å²) in [5.41, 5.74) is 2.66. The molecule has 3 rings (SSSR count). The number of hydrogen-bond acceptors (Lipinski definition) is 0. The minimum atomic E-state index is -2.07. The van der Waals surface area contributed by atoms with E-state index in [2.05, 4.69) is 98.6 Å². The van der Waals surface area contributed by atoms with Crippen LogP contribution >= 0.6 is 0 Å². The van der Waals surface area contributed by atoms with Gasteiger partial charge in [0.05, 0.1) is 0 Å². The molecule has 0 aliphatic rings. The summed E-state index contributed by atoms with van der Waals surface area (Å²) >= 11 is 0. The van der Waals surface area contributed by atoms with Crippen LogP contribution in [0.25, 0.3) is 0 Å². The van der Waals surface area contributed by atoms with E-state index in [0.717, 1.165) is 12.8 Å². The molecule has 0 saturated carbocycles. The predicted octanol–water partition coefficient (Wildman–Crippen LogP) is 4.24. The highest BCUT2D eigenvalue weighted by molar-refractivity contribution is 7.10. The Labute approximate surface area is 158 Å². The molecule has 0 saturated heterocycles. The Hall–Kier alpha value is -2.64. The SMILES string of the molecule is C=CCc1cccc([Si](C)(c2ccccc2)c2cccc(CC=C)c2)c1. The van der Waals surface area contributed by atoms with Gasteiger partial charge >= 0.3 is 0 Å². The summed E-state index contributed by atoms with van der Waals surface area (Å²) in [4.78, 5) is 0. The third-order valence-electron chi connectivity index (χ3n) is 5.12. The lowest BCUT2D eigenvalue weighted by molar-refractivity contribution is 1.28. The van der Waals surface area contributed by atoms with Gasteiger partial charge in [-0.05, 0) is 39.5 Å². The first-order chi connectivity index (χ1) is 12.7. The molecule has 26 heavy (non-hydrogen) atoms. The lowest BCUT2D eigenvalue weighted by Crippen LogP contribution is -2.64. The Bertz CT molecular complexity index is 839. The minimum absolute atomic E-state index is 0.906. The van der Waals surface area contributed by atoms with Gasteiger partial charge in [-0.3, -0.25) is 0 Å². The van der Waals surface area contributed by atoms with Gasteiger partial charge in [-0.2, -0.15) is 0 Å². The highest BCUT2D eigenvalue weighted by atomic mass is 28.3. The lowest BCUT2D eigenvalue weighted by atomic mass is 10.1. The molecule has 0 fully saturated rings. The van der Waals surface area contributed by atoms with Crippen molar-refractivity contribution < 1.29 is 0 Å². The molecule has 0 bridgehead atoms. The van der Waals surface area contributed by atoms with E-state index in [1.54, 1.807) is 0 Å². The number of allylic oxidation sites excluding steroid dienone is 2. The second-order valence-electron chi connectivity index (χ2n) is 6.88. The van der Waals surface area contributed by atoms with E-state index >= 15 is 0 Å². The molecule has 0 aliphatic carbocycles. The van der Waals surface area contributed by atoms with Crippen molar-refractivity contribution in [3.8, 4) is 0 Å². The Morgan fingerprint density at radius 2 is 1.12 bits per heavy atom. The van der Waals surface area contributed by atoms with Crippen molar-refractivity contribution in [2.24, 2.45) is 0 Å². The fourth-order valence-electron chi connectivity index (χ4n) is 3.62. The average Bonchev–Trinajstić information content (AvgIpc) is 2.69. The molecule has 0 unspecified atom stereocenters. The molecule has 0 N–H and O–H groups in total.